The highest BCUT2D eigenvalue weighted by Crippen LogP contribution is 2.58. The van der Waals surface area contributed by atoms with Gasteiger partial charge in [0.25, 0.3) is 0 Å². The van der Waals surface area contributed by atoms with Crippen molar-refractivity contribution < 1.29 is 14.7 Å². The van der Waals surface area contributed by atoms with E-state index in [1.807, 2.05) is 0 Å². The summed E-state index contributed by atoms with van der Waals surface area (Å²) < 4.78 is 0. The number of nitrogens with one attached hydrogen (secondary N) is 1. The molecule has 2 N–H and O–H groups in total. The molecule has 0 radical (unpaired) electrons. The summed E-state index contributed by atoms with van der Waals surface area (Å²) in [6.07, 6.45) is 3.14. The van der Waals surface area contributed by atoms with Gasteiger partial charge in [-0.2, -0.15) is 0 Å². The quantitative estimate of drug-likeness (QED) is 0.828. The highest BCUT2D eigenvalue weighted by Gasteiger charge is 2.65. The summed E-state index contributed by atoms with van der Waals surface area (Å²) in [4.78, 5) is 26.7. The Labute approximate surface area is 98.9 Å². The first-order valence-corrected chi connectivity index (χ1v) is 5.38. The number of nitrogens with zero attached hydrogens (tertiary/aromatic N) is 1. The van der Waals surface area contributed by atoms with E-state index in [1.165, 1.54) is 6.20 Å². The maximum Gasteiger partial charge on any atom is 0.307 e. The van der Waals surface area contributed by atoms with E-state index in [2.05, 4.69) is 10.3 Å². The van der Waals surface area contributed by atoms with Gasteiger partial charge in [-0.15, -0.1) is 0 Å². The lowest BCUT2D eigenvalue weighted by Gasteiger charge is -2.04. The van der Waals surface area contributed by atoms with Crippen LogP contribution in [0.5, 0.6) is 0 Å². The number of rotatable bonds is 3. The van der Waals surface area contributed by atoms with Gasteiger partial charge in [-0.25, -0.2) is 0 Å². The zero-order valence-electron chi connectivity index (χ0n) is 9.68. The van der Waals surface area contributed by atoms with Crippen LogP contribution in [0.1, 0.15) is 13.8 Å². The molecule has 0 spiro atoms. The molecule has 1 aromatic rings. The minimum atomic E-state index is -0.915. The van der Waals surface area contributed by atoms with Crippen LogP contribution in [0.15, 0.2) is 24.5 Å². The van der Waals surface area contributed by atoms with Crippen molar-refractivity contribution in [3.63, 3.8) is 0 Å². The van der Waals surface area contributed by atoms with Crippen LogP contribution < -0.4 is 5.32 Å². The van der Waals surface area contributed by atoms with Crippen LogP contribution >= 0.6 is 0 Å². The van der Waals surface area contributed by atoms with Gasteiger partial charge in [-0.3, -0.25) is 14.6 Å². The molecule has 0 saturated heterocycles. The molecule has 1 aliphatic carbocycles. The Morgan fingerprint density at radius 1 is 1.41 bits per heavy atom. The van der Waals surface area contributed by atoms with Crippen LogP contribution in [0, 0.1) is 17.3 Å². The fourth-order valence-electron chi connectivity index (χ4n) is 2.24. The van der Waals surface area contributed by atoms with E-state index >= 15 is 0 Å². The maximum atomic E-state index is 11.9. The fourth-order valence-corrected chi connectivity index (χ4v) is 2.24. The van der Waals surface area contributed by atoms with Crippen molar-refractivity contribution in [1.29, 1.82) is 0 Å². The average Bonchev–Trinajstić information content (AvgIpc) is 2.83. The predicted octanol–water partition coefficient (Wildman–Crippen LogP) is 1.38. The molecule has 1 aromatic heterocycles. The SMILES string of the molecule is CC1(C)C(C(=O)O)C1C(=O)Nc1cccnc1. The third-order valence-electron chi connectivity index (χ3n) is 3.30. The Bertz CT molecular complexity index is 456. The average molecular weight is 234 g/mol. The number of hydrogen-bond donors (Lipinski definition) is 2. The minimum Gasteiger partial charge on any atom is -0.481 e. The van der Waals surface area contributed by atoms with E-state index in [-0.39, 0.29) is 5.91 Å². The van der Waals surface area contributed by atoms with E-state index in [1.54, 1.807) is 32.2 Å². The second kappa shape index (κ2) is 3.84. The van der Waals surface area contributed by atoms with Gasteiger partial charge in [0, 0.05) is 6.20 Å². The van der Waals surface area contributed by atoms with Gasteiger partial charge in [0.2, 0.25) is 5.91 Å². The number of amides is 1. The first-order valence-electron chi connectivity index (χ1n) is 5.38. The minimum absolute atomic E-state index is 0.254. The van der Waals surface area contributed by atoms with E-state index in [9.17, 15) is 9.59 Å². The number of hydrogen-bond acceptors (Lipinski definition) is 3. The van der Waals surface area contributed by atoms with Crippen LogP contribution in [-0.2, 0) is 9.59 Å². The van der Waals surface area contributed by atoms with Crippen molar-refractivity contribution in [2.24, 2.45) is 17.3 Å². The van der Waals surface area contributed by atoms with Gasteiger partial charge < -0.3 is 10.4 Å². The van der Waals surface area contributed by atoms with Crippen molar-refractivity contribution in [2.45, 2.75) is 13.8 Å². The number of aliphatic carboxylic acids is 1. The predicted molar refractivity (Wildman–Crippen MR) is 61.3 cm³/mol. The molecule has 1 fully saturated rings. The topological polar surface area (TPSA) is 79.3 Å². The summed E-state index contributed by atoms with van der Waals surface area (Å²) in [6, 6.07) is 3.43. The fraction of sp³-hybridized carbons (Fsp3) is 0.417. The number of aromatic nitrogens is 1. The molecule has 1 aliphatic rings. The van der Waals surface area contributed by atoms with Crippen LogP contribution in [0.25, 0.3) is 0 Å². The smallest absolute Gasteiger partial charge is 0.307 e. The van der Waals surface area contributed by atoms with Crippen LogP contribution in [-0.4, -0.2) is 22.0 Å². The molecule has 5 nitrogen and oxygen atoms in total. The zero-order chi connectivity index (χ0) is 12.6. The lowest BCUT2D eigenvalue weighted by atomic mass is 10.1. The molecule has 5 heteroatoms. The first-order chi connectivity index (χ1) is 7.94. The van der Waals surface area contributed by atoms with Gasteiger partial charge in [-0.1, -0.05) is 13.8 Å². The van der Waals surface area contributed by atoms with Gasteiger partial charge >= 0.3 is 5.97 Å². The number of carbonyl (C=O) groups excluding carboxylic acids is 1. The molecule has 0 bridgehead atoms. The molecule has 90 valence electrons. The molecule has 0 aromatic carbocycles. The van der Waals surface area contributed by atoms with E-state index in [0.717, 1.165) is 0 Å². The molecule has 0 aliphatic heterocycles. The van der Waals surface area contributed by atoms with Crippen molar-refractivity contribution >= 4 is 17.6 Å². The summed E-state index contributed by atoms with van der Waals surface area (Å²) in [6.45, 7) is 3.58. The number of pyridine rings is 1. The molecule has 1 saturated carbocycles. The molecular formula is C12H14N2O3. The lowest BCUT2D eigenvalue weighted by molar-refractivity contribution is -0.140. The summed E-state index contributed by atoms with van der Waals surface area (Å²) in [5, 5.41) is 11.7. The van der Waals surface area contributed by atoms with Gasteiger partial charge in [0.05, 0.1) is 23.7 Å². The van der Waals surface area contributed by atoms with Crippen molar-refractivity contribution in [3.8, 4) is 0 Å². The number of carbonyl (C=O) groups is 2. The van der Waals surface area contributed by atoms with E-state index in [4.69, 9.17) is 5.11 Å². The number of anilines is 1. The molecule has 1 heterocycles. The Morgan fingerprint density at radius 2 is 2.12 bits per heavy atom. The molecule has 1 amide bonds. The third-order valence-corrected chi connectivity index (χ3v) is 3.30. The van der Waals surface area contributed by atoms with Crippen LogP contribution in [0.3, 0.4) is 0 Å². The summed E-state index contributed by atoms with van der Waals surface area (Å²) in [5.74, 6) is -2.24. The number of carboxylic acids is 1. The molecule has 2 unspecified atom stereocenters. The zero-order valence-corrected chi connectivity index (χ0v) is 9.68. The summed E-state index contributed by atoms with van der Waals surface area (Å²) in [7, 11) is 0. The summed E-state index contributed by atoms with van der Waals surface area (Å²) in [5.41, 5.74) is 0.113. The highest BCUT2D eigenvalue weighted by atomic mass is 16.4. The molecule has 17 heavy (non-hydrogen) atoms. The Morgan fingerprint density at radius 3 is 2.59 bits per heavy atom. The highest BCUT2D eigenvalue weighted by molar-refractivity contribution is 5.99. The summed E-state index contributed by atoms with van der Waals surface area (Å²) >= 11 is 0. The Hall–Kier alpha value is -1.91. The largest absolute Gasteiger partial charge is 0.481 e. The van der Waals surface area contributed by atoms with Crippen LogP contribution in [0.2, 0.25) is 0 Å². The van der Waals surface area contributed by atoms with E-state index < -0.39 is 23.2 Å². The molecular weight excluding hydrogens is 220 g/mol. The normalized spacial score (nSPS) is 25.1. The van der Waals surface area contributed by atoms with Crippen molar-refractivity contribution in [3.05, 3.63) is 24.5 Å². The van der Waals surface area contributed by atoms with Crippen molar-refractivity contribution in [1.82, 2.24) is 4.98 Å². The van der Waals surface area contributed by atoms with E-state index in [0.29, 0.717) is 5.69 Å². The Balaban J connectivity index is 2.06. The maximum absolute atomic E-state index is 11.9. The Kier molecular flexibility index (Phi) is 2.61. The standard InChI is InChI=1S/C12H14N2O3/c1-12(2)8(9(12)11(16)17)10(15)14-7-4-3-5-13-6-7/h3-6,8-9H,1-2H3,(H,14,15)(H,16,17). The van der Waals surface area contributed by atoms with Gasteiger partial charge in [-0.05, 0) is 17.5 Å². The lowest BCUT2D eigenvalue weighted by Crippen LogP contribution is -2.17. The molecule has 2 rings (SSSR count). The van der Waals surface area contributed by atoms with Crippen molar-refractivity contribution in [2.75, 3.05) is 5.32 Å². The monoisotopic (exact) mass is 234 g/mol. The first kappa shape index (κ1) is 11.6. The second-order valence-corrected chi connectivity index (χ2v) is 4.85. The van der Waals surface area contributed by atoms with Crippen LogP contribution in [0.4, 0.5) is 5.69 Å². The number of carboxylic acid groups (broad SMARTS) is 1. The van der Waals surface area contributed by atoms with Gasteiger partial charge in [0.1, 0.15) is 0 Å². The third kappa shape index (κ3) is 2.00. The molecule has 2 atom stereocenters. The second-order valence-electron chi connectivity index (χ2n) is 4.85. The van der Waals surface area contributed by atoms with Gasteiger partial charge in [0.15, 0.2) is 0 Å².